The summed E-state index contributed by atoms with van der Waals surface area (Å²) in [4.78, 5) is 12.5. The van der Waals surface area contributed by atoms with E-state index in [2.05, 4.69) is 17.2 Å². The Kier molecular flexibility index (Phi) is 6.20. The van der Waals surface area contributed by atoms with Gasteiger partial charge in [0, 0.05) is 26.3 Å². The number of ether oxygens (including phenoxy) is 1. The monoisotopic (exact) mass is 268 g/mol. The molecule has 0 aliphatic rings. The summed E-state index contributed by atoms with van der Waals surface area (Å²) in [7, 11) is 1.66. The van der Waals surface area contributed by atoms with E-state index in [-0.39, 0.29) is 5.69 Å². The predicted octanol–water partition coefficient (Wildman–Crippen LogP) is 1.35. The molecule has 0 aliphatic heterocycles. The van der Waals surface area contributed by atoms with Crippen LogP contribution in [0, 0.1) is 10.1 Å². The van der Waals surface area contributed by atoms with Crippen molar-refractivity contribution < 1.29 is 9.66 Å². The van der Waals surface area contributed by atoms with Gasteiger partial charge < -0.3 is 10.2 Å². The van der Waals surface area contributed by atoms with Crippen LogP contribution in [0.25, 0.3) is 0 Å². The number of nitrogens with one attached hydrogen (secondary N) is 1. The number of hydrazine groups is 1. The van der Waals surface area contributed by atoms with E-state index in [9.17, 15) is 10.1 Å². The van der Waals surface area contributed by atoms with Gasteiger partial charge in [0.1, 0.15) is 5.69 Å². The van der Waals surface area contributed by atoms with E-state index in [0.717, 1.165) is 18.7 Å². The van der Waals surface area contributed by atoms with Crippen LogP contribution in [0.5, 0.6) is 0 Å². The number of benzene rings is 1. The number of hydrogen-bond acceptors (Lipinski definition) is 6. The Morgan fingerprint density at radius 2 is 2.26 bits per heavy atom. The Morgan fingerprint density at radius 3 is 2.79 bits per heavy atom. The van der Waals surface area contributed by atoms with E-state index in [1.165, 1.54) is 6.07 Å². The lowest BCUT2D eigenvalue weighted by Gasteiger charge is -2.20. The zero-order valence-electron chi connectivity index (χ0n) is 11.3. The van der Waals surface area contributed by atoms with Crippen LogP contribution in [0.2, 0.25) is 0 Å². The van der Waals surface area contributed by atoms with Gasteiger partial charge in [-0.3, -0.25) is 20.9 Å². The number of hydrogen-bond donors (Lipinski definition) is 2. The summed E-state index contributed by atoms with van der Waals surface area (Å²) >= 11 is 0. The first-order valence-corrected chi connectivity index (χ1v) is 6.07. The van der Waals surface area contributed by atoms with Gasteiger partial charge in [0.05, 0.1) is 11.5 Å². The largest absolute Gasteiger partial charge is 0.383 e. The Labute approximate surface area is 112 Å². The Bertz CT molecular complexity index is 425. The number of likely N-dealkylation sites (N-methyl/N-ethyl adjacent to an activating group) is 1. The minimum Gasteiger partial charge on any atom is -0.383 e. The topological polar surface area (TPSA) is 93.7 Å². The van der Waals surface area contributed by atoms with Crippen molar-refractivity contribution in [1.82, 2.24) is 4.90 Å². The molecule has 1 rings (SSSR count). The second-order valence-corrected chi connectivity index (χ2v) is 4.11. The van der Waals surface area contributed by atoms with Crippen LogP contribution >= 0.6 is 0 Å². The summed E-state index contributed by atoms with van der Waals surface area (Å²) < 4.78 is 5.04. The maximum absolute atomic E-state index is 10.8. The second kappa shape index (κ2) is 7.67. The fourth-order valence-corrected chi connectivity index (χ4v) is 1.78. The first-order chi connectivity index (χ1) is 9.12. The number of nitrogens with two attached hydrogens (primary N) is 1. The molecule has 1 aromatic rings. The quantitative estimate of drug-likeness (QED) is 0.420. The lowest BCUT2D eigenvalue weighted by atomic mass is 10.1. The van der Waals surface area contributed by atoms with Gasteiger partial charge in [0.25, 0.3) is 5.69 Å². The summed E-state index contributed by atoms with van der Waals surface area (Å²) in [6, 6.07) is 4.91. The van der Waals surface area contributed by atoms with Gasteiger partial charge in [-0.2, -0.15) is 0 Å². The van der Waals surface area contributed by atoms with Crippen molar-refractivity contribution in [3.05, 3.63) is 33.9 Å². The summed E-state index contributed by atoms with van der Waals surface area (Å²) in [5.41, 5.74) is 3.64. The van der Waals surface area contributed by atoms with Gasteiger partial charge in [0.2, 0.25) is 0 Å². The highest BCUT2D eigenvalue weighted by Crippen LogP contribution is 2.24. The van der Waals surface area contributed by atoms with E-state index in [4.69, 9.17) is 10.6 Å². The van der Waals surface area contributed by atoms with Gasteiger partial charge in [-0.05, 0) is 18.2 Å². The minimum atomic E-state index is -0.457. The standard InChI is InChI=1S/C12H20N4O3/c1-3-15(6-7-19-2)9-10-4-5-12(16(17)18)11(8-10)14-13/h4-5,8,14H,3,6-7,9,13H2,1-2H3. The van der Waals surface area contributed by atoms with Crippen LogP contribution in [0.1, 0.15) is 12.5 Å². The normalized spacial score (nSPS) is 10.7. The molecular weight excluding hydrogens is 248 g/mol. The van der Waals surface area contributed by atoms with E-state index >= 15 is 0 Å². The van der Waals surface area contributed by atoms with Gasteiger partial charge in [0.15, 0.2) is 0 Å². The van der Waals surface area contributed by atoms with Crippen LogP contribution in [0.15, 0.2) is 18.2 Å². The Hall–Kier alpha value is -1.70. The SMILES string of the molecule is CCN(CCOC)Cc1ccc([N+](=O)[O-])c(NN)c1. The van der Waals surface area contributed by atoms with Crippen molar-refractivity contribution >= 4 is 11.4 Å². The van der Waals surface area contributed by atoms with E-state index < -0.39 is 4.92 Å². The third-order valence-electron chi connectivity index (χ3n) is 2.88. The molecule has 7 heteroatoms. The number of rotatable bonds is 8. The average Bonchev–Trinajstić information content (AvgIpc) is 2.42. The first kappa shape index (κ1) is 15.4. The van der Waals surface area contributed by atoms with Crippen molar-refractivity contribution in [1.29, 1.82) is 0 Å². The molecule has 0 heterocycles. The van der Waals surface area contributed by atoms with E-state index in [1.807, 2.05) is 0 Å². The van der Waals surface area contributed by atoms with Crippen molar-refractivity contribution in [2.45, 2.75) is 13.5 Å². The van der Waals surface area contributed by atoms with Crippen molar-refractivity contribution in [2.24, 2.45) is 5.84 Å². The molecule has 1 aromatic carbocycles. The predicted molar refractivity (Wildman–Crippen MR) is 73.7 cm³/mol. The molecule has 0 atom stereocenters. The zero-order valence-corrected chi connectivity index (χ0v) is 11.3. The number of methoxy groups -OCH3 is 1. The van der Waals surface area contributed by atoms with Crippen LogP contribution in [-0.2, 0) is 11.3 Å². The molecule has 106 valence electrons. The second-order valence-electron chi connectivity index (χ2n) is 4.11. The number of nitrogens with zero attached hydrogens (tertiary/aromatic N) is 2. The lowest BCUT2D eigenvalue weighted by Crippen LogP contribution is -2.26. The third-order valence-corrected chi connectivity index (χ3v) is 2.88. The highest BCUT2D eigenvalue weighted by Gasteiger charge is 2.14. The molecule has 0 radical (unpaired) electrons. The van der Waals surface area contributed by atoms with Gasteiger partial charge in [-0.15, -0.1) is 0 Å². The highest BCUT2D eigenvalue weighted by atomic mass is 16.6. The summed E-state index contributed by atoms with van der Waals surface area (Å²) in [5, 5.41) is 10.8. The molecule has 0 spiro atoms. The van der Waals surface area contributed by atoms with Crippen molar-refractivity contribution in [3.63, 3.8) is 0 Å². The third kappa shape index (κ3) is 4.47. The van der Waals surface area contributed by atoms with Crippen molar-refractivity contribution in [2.75, 3.05) is 32.2 Å². The van der Waals surface area contributed by atoms with Gasteiger partial charge in [-0.1, -0.05) is 13.0 Å². The Balaban J connectivity index is 2.81. The molecule has 0 aliphatic carbocycles. The number of nitrogen functional groups attached to an aromatic ring is 1. The summed E-state index contributed by atoms with van der Waals surface area (Å²) in [5.74, 6) is 5.31. The Morgan fingerprint density at radius 1 is 1.53 bits per heavy atom. The summed E-state index contributed by atoms with van der Waals surface area (Å²) in [6.07, 6.45) is 0. The van der Waals surface area contributed by atoms with Crippen LogP contribution in [-0.4, -0.2) is 36.6 Å². The van der Waals surface area contributed by atoms with Gasteiger partial charge >= 0.3 is 0 Å². The molecule has 0 fully saturated rings. The fraction of sp³-hybridized carbons (Fsp3) is 0.500. The van der Waals surface area contributed by atoms with Crippen molar-refractivity contribution in [3.8, 4) is 0 Å². The van der Waals surface area contributed by atoms with E-state index in [0.29, 0.717) is 18.8 Å². The molecule has 19 heavy (non-hydrogen) atoms. The number of anilines is 1. The zero-order chi connectivity index (χ0) is 14.3. The first-order valence-electron chi connectivity index (χ1n) is 6.07. The molecule has 0 unspecified atom stereocenters. The fourth-order valence-electron chi connectivity index (χ4n) is 1.78. The molecule has 0 saturated carbocycles. The van der Waals surface area contributed by atoms with Crippen LogP contribution in [0.4, 0.5) is 11.4 Å². The van der Waals surface area contributed by atoms with Crippen LogP contribution < -0.4 is 11.3 Å². The molecular formula is C12H20N4O3. The minimum absolute atomic E-state index is 0.0220. The lowest BCUT2D eigenvalue weighted by molar-refractivity contribution is -0.384. The maximum atomic E-state index is 10.8. The average molecular weight is 268 g/mol. The molecule has 0 saturated heterocycles. The number of nitro benzene ring substituents is 1. The molecule has 3 N–H and O–H groups in total. The van der Waals surface area contributed by atoms with Crippen LogP contribution in [0.3, 0.4) is 0 Å². The molecule has 7 nitrogen and oxygen atoms in total. The molecule has 0 aromatic heterocycles. The molecule has 0 amide bonds. The van der Waals surface area contributed by atoms with Gasteiger partial charge in [-0.25, -0.2) is 0 Å². The number of nitro groups is 1. The highest BCUT2D eigenvalue weighted by molar-refractivity contribution is 5.62. The maximum Gasteiger partial charge on any atom is 0.293 e. The molecule has 0 bridgehead atoms. The summed E-state index contributed by atoms with van der Waals surface area (Å²) in [6.45, 7) is 5.11. The smallest absolute Gasteiger partial charge is 0.293 e. The van der Waals surface area contributed by atoms with E-state index in [1.54, 1.807) is 19.2 Å².